The van der Waals surface area contributed by atoms with E-state index in [2.05, 4.69) is 31.7 Å². The summed E-state index contributed by atoms with van der Waals surface area (Å²) in [4.78, 5) is 14.5. The smallest absolute Gasteiger partial charge is 0.388 e. The number of pyridine rings is 2. The largest absolute Gasteiger partial charge is 0.433 e. The molecule has 0 aromatic carbocycles. The fourth-order valence-electron chi connectivity index (χ4n) is 5.44. The van der Waals surface area contributed by atoms with Crippen LogP contribution in [-0.4, -0.2) is 66.3 Å². The summed E-state index contributed by atoms with van der Waals surface area (Å²) in [5.74, 6) is 0.179. The van der Waals surface area contributed by atoms with Crippen LogP contribution in [0.3, 0.4) is 0 Å². The van der Waals surface area contributed by atoms with E-state index in [0.29, 0.717) is 0 Å². The molecular formula is C23H28F3N5O. The van der Waals surface area contributed by atoms with Gasteiger partial charge >= 0.3 is 6.18 Å². The van der Waals surface area contributed by atoms with Crippen LogP contribution in [0.2, 0.25) is 0 Å². The number of hydrogen-bond donors (Lipinski definition) is 1. The predicted octanol–water partition coefficient (Wildman–Crippen LogP) is 3.20. The Bertz CT molecular complexity index is 945. The summed E-state index contributed by atoms with van der Waals surface area (Å²) in [7, 11) is 2.12. The fourth-order valence-corrected chi connectivity index (χ4v) is 5.44. The molecule has 2 saturated heterocycles. The van der Waals surface area contributed by atoms with Gasteiger partial charge in [-0.15, -0.1) is 0 Å². The molecule has 6 nitrogen and oxygen atoms in total. The number of aliphatic hydroxyl groups excluding tert-OH is 1. The lowest BCUT2D eigenvalue weighted by atomic mass is 9.55. The average Bonchev–Trinajstić information content (AvgIpc) is 2.72. The Labute approximate surface area is 185 Å². The molecule has 2 aromatic rings. The maximum absolute atomic E-state index is 12.7. The number of aromatic nitrogens is 2. The number of alkyl halides is 3. The highest BCUT2D eigenvalue weighted by Gasteiger charge is 2.54. The molecule has 1 saturated carbocycles. The van der Waals surface area contributed by atoms with E-state index in [0.717, 1.165) is 75.1 Å². The maximum atomic E-state index is 12.7. The molecule has 0 amide bonds. The first kappa shape index (κ1) is 21.5. The van der Waals surface area contributed by atoms with Crippen molar-refractivity contribution < 1.29 is 18.3 Å². The fraction of sp³-hybridized carbons (Fsp3) is 0.565. The van der Waals surface area contributed by atoms with Crippen molar-refractivity contribution >= 4 is 11.4 Å². The lowest BCUT2D eigenvalue weighted by molar-refractivity contribution is -0.141. The summed E-state index contributed by atoms with van der Waals surface area (Å²) < 4.78 is 38.2. The molecule has 5 rings (SSSR count). The lowest BCUT2D eigenvalue weighted by Gasteiger charge is -2.60. The van der Waals surface area contributed by atoms with Crippen LogP contribution < -0.4 is 9.80 Å². The molecule has 0 bridgehead atoms. The van der Waals surface area contributed by atoms with Gasteiger partial charge in [0, 0.05) is 68.3 Å². The van der Waals surface area contributed by atoms with Gasteiger partial charge in [0.1, 0.15) is 5.69 Å². The molecule has 1 unspecified atom stereocenters. The Morgan fingerprint density at radius 1 is 1.03 bits per heavy atom. The zero-order chi connectivity index (χ0) is 22.5. The number of hydrogen-bond acceptors (Lipinski definition) is 6. The Hall–Kier alpha value is -2.39. The molecule has 0 radical (unpaired) electrons. The Kier molecular flexibility index (Phi) is 5.28. The summed E-state index contributed by atoms with van der Waals surface area (Å²) in [5.41, 5.74) is 1.98. The van der Waals surface area contributed by atoms with Crippen molar-refractivity contribution in [1.29, 1.82) is 0 Å². The highest BCUT2D eigenvalue weighted by molar-refractivity contribution is 5.54. The second-order valence-electron chi connectivity index (χ2n) is 9.59. The predicted molar refractivity (Wildman–Crippen MR) is 116 cm³/mol. The van der Waals surface area contributed by atoms with Crippen LogP contribution in [0, 0.1) is 11.3 Å². The van der Waals surface area contributed by atoms with Crippen LogP contribution in [0.1, 0.15) is 30.2 Å². The Morgan fingerprint density at radius 2 is 1.75 bits per heavy atom. The third kappa shape index (κ3) is 3.92. The van der Waals surface area contributed by atoms with E-state index in [9.17, 15) is 18.3 Å². The van der Waals surface area contributed by atoms with Crippen molar-refractivity contribution in [2.45, 2.75) is 25.1 Å². The first-order valence-corrected chi connectivity index (χ1v) is 11.1. The zero-order valence-electron chi connectivity index (χ0n) is 18.1. The van der Waals surface area contributed by atoms with E-state index in [1.165, 1.54) is 12.3 Å². The van der Waals surface area contributed by atoms with Crippen LogP contribution in [-0.2, 0) is 6.18 Å². The van der Waals surface area contributed by atoms with Gasteiger partial charge in [-0.25, -0.2) is 4.98 Å². The molecule has 3 fully saturated rings. The van der Waals surface area contributed by atoms with Crippen molar-refractivity contribution in [1.82, 2.24) is 14.9 Å². The van der Waals surface area contributed by atoms with E-state index in [4.69, 9.17) is 0 Å². The molecule has 172 valence electrons. The topological polar surface area (TPSA) is 55.7 Å². The minimum absolute atomic E-state index is 0.143. The number of halogens is 3. The van der Waals surface area contributed by atoms with E-state index in [1.807, 2.05) is 6.07 Å². The van der Waals surface area contributed by atoms with Crippen molar-refractivity contribution in [2.24, 2.45) is 11.3 Å². The molecule has 9 heteroatoms. The SMILES string of the molecule is CN1CCN(c2ccncc2C(O)C2CC3(C2)CN(c2ccc(C(F)(F)F)nc2)C3)CC1. The number of nitrogens with zero attached hydrogens (tertiary/aromatic N) is 5. The molecule has 1 spiro atoms. The average molecular weight is 448 g/mol. The van der Waals surface area contributed by atoms with Gasteiger partial charge in [-0.3, -0.25) is 4.98 Å². The third-order valence-electron chi connectivity index (χ3n) is 7.28. The minimum Gasteiger partial charge on any atom is -0.388 e. The number of likely N-dealkylation sites (N-methyl/N-ethyl adjacent to an activating group) is 1. The molecule has 1 N–H and O–H groups in total. The molecule has 4 heterocycles. The number of piperazine rings is 1. The molecule has 1 atom stereocenters. The van der Waals surface area contributed by atoms with E-state index < -0.39 is 18.0 Å². The molecule has 32 heavy (non-hydrogen) atoms. The van der Waals surface area contributed by atoms with E-state index in [-0.39, 0.29) is 11.3 Å². The zero-order valence-corrected chi connectivity index (χ0v) is 18.1. The summed E-state index contributed by atoms with van der Waals surface area (Å²) in [6, 6.07) is 4.53. The summed E-state index contributed by atoms with van der Waals surface area (Å²) in [6.45, 7) is 5.46. The van der Waals surface area contributed by atoms with Crippen LogP contribution in [0.4, 0.5) is 24.5 Å². The van der Waals surface area contributed by atoms with Crippen LogP contribution in [0.25, 0.3) is 0 Å². The van der Waals surface area contributed by atoms with Gasteiger partial charge in [0.25, 0.3) is 0 Å². The van der Waals surface area contributed by atoms with Crippen molar-refractivity contribution in [3.63, 3.8) is 0 Å². The number of rotatable bonds is 4. The number of aliphatic hydroxyl groups is 1. The minimum atomic E-state index is -4.42. The van der Waals surface area contributed by atoms with E-state index >= 15 is 0 Å². The first-order valence-electron chi connectivity index (χ1n) is 11.1. The second-order valence-corrected chi connectivity index (χ2v) is 9.59. The van der Waals surface area contributed by atoms with Crippen LogP contribution >= 0.6 is 0 Å². The van der Waals surface area contributed by atoms with Crippen molar-refractivity contribution in [3.05, 3.63) is 48.0 Å². The standard InChI is InChI=1S/C23H28F3N5O/c1-29-6-8-30(9-7-29)19-4-5-27-13-18(19)21(32)16-10-22(11-16)14-31(15-22)17-2-3-20(28-12-17)23(24,25)26/h2-5,12-13,16,21,32H,6-11,14-15H2,1H3. The number of anilines is 2. The molecule has 2 aromatic heterocycles. The summed E-state index contributed by atoms with van der Waals surface area (Å²) in [6.07, 6.45) is 1.75. The normalized spacial score (nSPS) is 22.5. The highest BCUT2D eigenvalue weighted by Crippen LogP contribution is 2.56. The molecular weight excluding hydrogens is 419 g/mol. The third-order valence-corrected chi connectivity index (χ3v) is 7.28. The van der Waals surface area contributed by atoms with Crippen LogP contribution in [0.5, 0.6) is 0 Å². The Balaban J connectivity index is 1.19. The van der Waals surface area contributed by atoms with Crippen molar-refractivity contribution in [2.75, 3.05) is 56.1 Å². The van der Waals surface area contributed by atoms with Gasteiger partial charge in [0.15, 0.2) is 0 Å². The molecule has 3 aliphatic rings. The lowest BCUT2D eigenvalue weighted by Crippen LogP contribution is -2.63. The summed E-state index contributed by atoms with van der Waals surface area (Å²) in [5, 5.41) is 11.1. The quantitative estimate of drug-likeness (QED) is 0.777. The van der Waals surface area contributed by atoms with Gasteiger partial charge < -0.3 is 19.8 Å². The summed E-state index contributed by atoms with van der Waals surface area (Å²) >= 11 is 0. The van der Waals surface area contributed by atoms with Gasteiger partial charge in [0.05, 0.1) is 18.0 Å². The monoisotopic (exact) mass is 447 g/mol. The first-order chi connectivity index (χ1) is 15.2. The van der Waals surface area contributed by atoms with Crippen LogP contribution in [0.15, 0.2) is 36.8 Å². The Morgan fingerprint density at radius 3 is 2.38 bits per heavy atom. The van der Waals surface area contributed by atoms with Crippen molar-refractivity contribution in [3.8, 4) is 0 Å². The highest BCUT2D eigenvalue weighted by atomic mass is 19.4. The van der Waals surface area contributed by atoms with E-state index in [1.54, 1.807) is 12.4 Å². The maximum Gasteiger partial charge on any atom is 0.433 e. The van der Waals surface area contributed by atoms with Gasteiger partial charge in [-0.05, 0) is 44.0 Å². The van der Waals surface area contributed by atoms with Gasteiger partial charge in [-0.1, -0.05) is 0 Å². The second kappa shape index (κ2) is 7.88. The van der Waals surface area contributed by atoms with Gasteiger partial charge in [-0.2, -0.15) is 13.2 Å². The molecule has 1 aliphatic carbocycles. The molecule has 2 aliphatic heterocycles. The van der Waals surface area contributed by atoms with Gasteiger partial charge in [0.2, 0.25) is 0 Å².